The summed E-state index contributed by atoms with van der Waals surface area (Å²) in [5.74, 6) is -0.985. The second-order valence-corrected chi connectivity index (χ2v) is 10.2. The van der Waals surface area contributed by atoms with Crippen molar-refractivity contribution in [2.75, 3.05) is 19.0 Å². The largest absolute Gasteiger partial charge is 0.465 e. The summed E-state index contributed by atoms with van der Waals surface area (Å²) in [6.07, 6.45) is 2.20. The molecule has 196 valence electrons. The van der Waals surface area contributed by atoms with Crippen LogP contribution in [0.15, 0.2) is 64.3 Å². The Kier molecular flexibility index (Phi) is 8.28. The highest BCUT2D eigenvalue weighted by atomic mass is 32.2. The molecule has 1 aromatic heterocycles. The van der Waals surface area contributed by atoms with Crippen molar-refractivity contribution in [1.29, 1.82) is 0 Å². The van der Waals surface area contributed by atoms with Crippen molar-refractivity contribution in [2.24, 2.45) is 7.05 Å². The molecule has 2 heterocycles. The van der Waals surface area contributed by atoms with Crippen molar-refractivity contribution in [3.8, 4) is 5.69 Å². The number of methoxy groups -OCH3 is 1. The maximum Gasteiger partial charge on any atom is 0.337 e. The zero-order valence-electron chi connectivity index (χ0n) is 21.1. The van der Waals surface area contributed by atoms with E-state index in [1.807, 2.05) is 30.3 Å². The van der Waals surface area contributed by atoms with Crippen molar-refractivity contribution < 1.29 is 19.1 Å². The smallest absolute Gasteiger partial charge is 0.337 e. The molecule has 0 bridgehead atoms. The SMILES string of the molecule is COC(=O)c1ccc(C=C2SC(=S)N(CCCC(=O)Nc3c(C)n(C)n(-c4ccccc4)c3=O)C2=O)cc1. The van der Waals surface area contributed by atoms with Crippen LogP contribution in [-0.2, 0) is 21.4 Å². The number of hydrogen-bond donors (Lipinski definition) is 1. The minimum Gasteiger partial charge on any atom is -0.465 e. The molecule has 38 heavy (non-hydrogen) atoms. The summed E-state index contributed by atoms with van der Waals surface area (Å²) in [6.45, 7) is 2.05. The number of carbonyl (C=O) groups is 3. The van der Waals surface area contributed by atoms with E-state index < -0.39 is 5.97 Å². The fourth-order valence-corrected chi connectivity index (χ4v) is 5.30. The predicted molar refractivity (Wildman–Crippen MR) is 151 cm³/mol. The molecule has 1 aliphatic heterocycles. The Labute approximate surface area is 229 Å². The van der Waals surface area contributed by atoms with E-state index in [9.17, 15) is 19.2 Å². The molecule has 1 aliphatic rings. The summed E-state index contributed by atoms with van der Waals surface area (Å²) in [4.78, 5) is 52.1. The highest BCUT2D eigenvalue weighted by molar-refractivity contribution is 8.26. The molecular weight excluding hydrogens is 524 g/mol. The van der Waals surface area contributed by atoms with Crippen molar-refractivity contribution in [3.05, 3.63) is 86.7 Å². The quantitative estimate of drug-likeness (QED) is 0.258. The Morgan fingerprint density at radius 2 is 1.76 bits per heavy atom. The van der Waals surface area contributed by atoms with E-state index in [4.69, 9.17) is 17.0 Å². The first-order valence-electron chi connectivity index (χ1n) is 11.8. The fourth-order valence-electron chi connectivity index (χ4n) is 3.99. The van der Waals surface area contributed by atoms with Gasteiger partial charge in [0.25, 0.3) is 11.5 Å². The molecule has 0 atom stereocenters. The second kappa shape index (κ2) is 11.6. The van der Waals surface area contributed by atoms with E-state index >= 15 is 0 Å². The van der Waals surface area contributed by atoms with Crippen LogP contribution in [0.2, 0.25) is 0 Å². The number of aromatic nitrogens is 2. The van der Waals surface area contributed by atoms with Crippen LogP contribution >= 0.6 is 24.0 Å². The number of benzene rings is 2. The number of thioether (sulfide) groups is 1. The summed E-state index contributed by atoms with van der Waals surface area (Å²) in [6, 6.07) is 15.9. The highest BCUT2D eigenvalue weighted by Gasteiger charge is 2.31. The molecule has 3 aromatic rings. The Balaban J connectivity index is 1.36. The number of rotatable bonds is 8. The first-order chi connectivity index (χ1) is 18.2. The average Bonchev–Trinajstić information content (AvgIpc) is 3.30. The molecule has 0 unspecified atom stereocenters. The lowest BCUT2D eigenvalue weighted by Gasteiger charge is -2.14. The number of para-hydroxylation sites is 1. The third-order valence-electron chi connectivity index (χ3n) is 6.11. The number of carbonyl (C=O) groups excluding carboxylic acids is 3. The first kappa shape index (κ1) is 27.1. The van der Waals surface area contributed by atoms with Crippen LogP contribution in [0.5, 0.6) is 0 Å². The zero-order chi connectivity index (χ0) is 27.4. The van der Waals surface area contributed by atoms with Crippen LogP contribution in [-0.4, -0.2) is 50.0 Å². The van der Waals surface area contributed by atoms with Crippen molar-refractivity contribution in [2.45, 2.75) is 19.8 Å². The molecule has 11 heteroatoms. The van der Waals surface area contributed by atoms with E-state index in [1.165, 1.54) is 28.5 Å². The van der Waals surface area contributed by atoms with Crippen LogP contribution in [0.25, 0.3) is 11.8 Å². The van der Waals surface area contributed by atoms with Gasteiger partial charge in [-0.15, -0.1) is 0 Å². The number of thiocarbonyl (C=S) groups is 1. The van der Waals surface area contributed by atoms with E-state index in [0.717, 1.165) is 5.56 Å². The molecule has 9 nitrogen and oxygen atoms in total. The number of anilines is 1. The fraction of sp³-hybridized carbons (Fsp3) is 0.222. The molecule has 0 aliphatic carbocycles. The lowest BCUT2D eigenvalue weighted by atomic mass is 10.1. The third kappa shape index (κ3) is 5.63. The summed E-state index contributed by atoms with van der Waals surface area (Å²) in [7, 11) is 3.07. The van der Waals surface area contributed by atoms with Gasteiger partial charge in [-0.2, -0.15) is 0 Å². The molecule has 1 saturated heterocycles. The van der Waals surface area contributed by atoms with E-state index in [2.05, 4.69) is 5.32 Å². The van der Waals surface area contributed by atoms with E-state index in [-0.39, 0.29) is 36.0 Å². The van der Waals surface area contributed by atoms with Crippen LogP contribution in [0.1, 0.15) is 34.5 Å². The highest BCUT2D eigenvalue weighted by Crippen LogP contribution is 2.32. The minimum atomic E-state index is -0.434. The van der Waals surface area contributed by atoms with Gasteiger partial charge in [0.1, 0.15) is 10.0 Å². The Hall–Kier alpha value is -3.96. The molecule has 0 spiro atoms. The van der Waals surface area contributed by atoms with Gasteiger partial charge < -0.3 is 10.1 Å². The Morgan fingerprint density at radius 3 is 2.42 bits per heavy atom. The maximum atomic E-state index is 13.0. The number of ether oxygens (including phenoxy) is 1. The summed E-state index contributed by atoms with van der Waals surface area (Å²) >= 11 is 6.57. The molecule has 4 rings (SSSR count). The molecular formula is C27H26N4O5S2. The Bertz CT molecular complexity index is 1490. The number of hydrogen-bond acceptors (Lipinski definition) is 7. The zero-order valence-corrected chi connectivity index (χ0v) is 22.7. The summed E-state index contributed by atoms with van der Waals surface area (Å²) in [5.41, 5.74) is 2.41. The molecule has 0 saturated carbocycles. The minimum absolute atomic E-state index is 0.115. The molecule has 2 aromatic carbocycles. The van der Waals surface area contributed by atoms with Crippen LogP contribution in [0.4, 0.5) is 5.69 Å². The lowest BCUT2D eigenvalue weighted by molar-refractivity contribution is -0.122. The van der Waals surface area contributed by atoms with Crippen molar-refractivity contribution >= 4 is 57.8 Å². The lowest BCUT2D eigenvalue weighted by Crippen LogP contribution is -2.30. The van der Waals surface area contributed by atoms with Crippen molar-refractivity contribution in [1.82, 2.24) is 14.3 Å². The van der Waals surface area contributed by atoms with Gasteiger partial charge in [-0.1, -0.05) is 54.3 Å². The standard InChI is InChI=1S/C27H26N4O5S2/c1-17-23(25(34)31(29(17)2)20-8-5-4-6-9-20)28-22(32)10-7-15-30-24(33)21(38-27(30)37)16-18-11-13-19(14-12-18)26(35)36-3/h4-6,8-9,11-14,16H,7,10,15H2,1-3H3,(H,28,32). The molecule has 1 N–H and O–H groups in total. The number of amides is 2. The average molecular weight is 551 g/mol. The maximum absolute atomic E-state index is 13.0. The normalized spacial score (nSPS) is 14.3. The van der Waals surface area contributed by atoms with Gasteiger partial charge in [0.2, 0.25) is 5.91 Å². The van der Waals surface area contributed by atoms with Gasteiger partial charge in [0.05, 0.1) is 29.0 Å². The van der Waals surface area contributed by atoms with Gasteiger partial charge in [-0.05, 0) is 49.2 Å². The first-order valence-corrected chi connectivity index (χ1v) is 13.0. The van der Waals surface area contributed by atoms with E-state index in [0.29, 0.717) is 32.6 Å². The monoisotopic (exact) mass is 550 g/mol. The Morgan fingerprint density at radius 1 is 1.08 bits per heavy atom. The van der Waals surface area contributed by atoms with E-state index in [1.54, 1.807) is 49.0 Å². The van der Waals surface area contributed by atoms with Gasteiger partial charge in [-0.25, -0.2) is 9.48 Å². The number of nitrogens with zero attached hydrogens (tertiary/aromatic N) is 3. The van der Waals surface area contributed by atoms with Gasteiger partial charge in [-0.3, -0.25) is 24.0 Å². The number of esters is 1. The van der Waals surface area contributed by atoms with Gasteiger partial charge in [0, 0.05) is 20.0 Å². The summed E-state index contributed by atoms with van der Waals surface area (Å²) in [5, 5.41) is 2.74. The molecule has 1 fully saturated rings. The van der Waals surface area contributed by atoms with Crippen molar-refractivity contribution in [3.63, 3.8) is 0 Å². The molecule has 2 amide bonds. The van der Waals surface area contributed by atoms with Crippen LogP contribution < -0.4 is 10.9 Å². The topological polar surface area (TPSA) is 103 Å². The third-order valence-corrected chi connectivity index (χ3v) is 7.49. The molecule has 0 radical (unpaired) electrons. The second-order valence-electron chi connectivity index (χ2n) is 8.54. The van der Waals surface area contributed by atoms with Crippen LogP contribution in [0, 0.1) is 6.92 Å². The van der Waals surface area contributed by atoms with Gasteiger partial charge >= 0.3 is 5.97 Å². The predicted octanol–water partition coefficient (Wildman–Crippen LogP) is 3.89. The van der Waals surface area contributed by atoms with Gasteiger partial charge in [0.15, 0.2) is 0 Å². The van der Waals surface area contributed by atoms with Crippen LogP contribution in [0.3, 0.4) is 0 Å². The number of nitrogens with one attached hydrogen (secondary N) is 1. The summed E-state index contributed by atoms with van der Waals surface area (Å²) < 4.78 is 8.31.